The van der Waals surface area contributed by atoms with Gasteiger partial charge in [-0.15, -0.1) is 0 Å². The van der Waals surface area contributed by atoms with Crippen molar-refractivity contribution >= 4 is 34.1 Å². The van der Waals surface area contributed by atoms with Crippen molar-refractivity contribution in [2.75, 3.05) is 10.6 Å². The van der Waals surface area contributed by atoms with Crippen LogP contribution in [0.5, 0.6) is 0 Å². The first-order valence-corrected chi connectivity index (χ1v) is 7.20. The Balaban J connectivity index is 1.63. The Morgan fingerprint density at radius 2 is 1.78 bits per heavy atom. The number of benzene rings is 2. The molecule has 1 heterocycles. The molecule has 3 rings (SSSR count). The van der Waals surface area contributed by atoms with Crippen LogP contribution in [0.15, 0.2) is 48.7 Å². The van der Waals surface area contributed by atoms with Crippen LogP contribution in [0.3, 0.4) is 0 Å². The van der Waals surface area contributed by atoms with E-state index in [1.807, 2.05) is 30.3 Å². The van der Waals surface area contributed by atoms with Gasteiger partial charge in [-0.2, -0.15) is 5.10 Å². The maximum atomic E-state index is 12.1. The third-order valence-corrected chi connectivity index (χ3v) is 3.36. The molecule has 3 aromatic rings. The smallest absolute Gasteiger partial charge is 0.228 e. The van der Waals surface area contributed by atoms with E-state index in [0.717, 1.165) is 22.2 Å². The Kier molecular flexibility index (Phi) is 4.05. The zero-order valence-electron chi connectivity index (χ0n) is 12.6. The van der Waals surface area contributed by atoms with Gasteiger partial charge in [0.25, 0.3) is 0 Å². The minimum Gasteiger partial charge on any atom is -0.326 e. The summed E-state index contributed by atoms with van der Waals surface area (Å²) in [5, 5.41) is 13.3. The third-order valence-electron chi connectivity index (χ3n) is 3.36. The molecule has 0 fully saturated rings. The van der Waals surface area contributed by atoms with Gasteiger partial charge in [-0.25, -0.2) is 0 Å². The second kappa shape index (κ2) is 6.31. The number of carbonyl (C=O) groups is 2. The minimum absolute atomic E-state index is 0.0971. The Morgan fingerprint density at radius 1 is 1.04 bits per heavy atom. The van der Waals surface area contributed by atoms with E-state index in [1.54, 1.807) is 18.3 Å². The van der Waals surface area contributed by atoms with E-state index in [0.29, 0.717) is 5.69 Å². The second-order valence-electron chi connectivity index (χ2n) is 5.28. The van der Waals surface area contributed by atoms with Gasteiger partial charge in [0.05, 0.1) is 18.1 Å². The van der Waals surface area contributed by atoms with Crippen molar-refractivity contribution in [3.8, 4) is 0 Å². The highest BCUT2D eigenvalue weighted by atomic mass is 16.2. The Morgan fingerprint density at radius 3 is 2.52 bits per heavy atom. The Hall–Kier alpha value is -3.15. The molecule has 0 bridgehead atoms. The van der Waals surface area contributed by atoms with Crippen LogP contribution in [0.1, 0.15) is 12.5 Å². The maximum absolute atomic E-state index is 12.1. The summed E-state index contributed by atoms with van der Waals surface area (Å²) in [6.07, 6.45) is 1.98. The van der Waals surface area contributed by atoms with Crippen LogP contribution in [-0.4, -0.2) is 22.0 Å². The van der Waals surface area contributed by atoms with E-state index in [9.17, 15) is 9.59 Å². The lowest BCUT2D eigenvalue weighted by atomic mass is 10.1. The van der Waals surface area contributed by atoms with Gasteiger partial charge in [0.2, 0.25) is 11.8 Å². The number of aromatic nitrogens is 2. The molecule has 2 amide bonds. The van der Waals surface area contributed by atoms with E-state index in [2.05, 4.69) is 20.8 Å². The molecule has 0 radical (unpaired) electrons. The van der Waals surface area contributed by atoms with Gasteiger partial charge in [-0.05, 0) is 35.9 Å². The molecule has 0 aliphatic rings. The van der Waals surface area contributed by atoms with Crippen LogP contribution in [0.4, 0.5) is 11.4 Å². The number of nitrogens with one attached hydrogen (secondary N) is 3. The van der Waals surface area contributed by atoms with Gasteiger partial charge in [-0.1, -0.05) is 12.1 Å². The summed E-state index contributed by atoms with van der Waals surface area (Å²) in [6.45, 7) is 1.46. The number of rotatable bonds is 4. The van der Waals surface area contributed by atoms with E-state index >= 15 is 0 Å². The number of hydrogen-bond donors (Lipinski definition) is 3. The van der Waals surface area contributed by atoms with Crippen molar-refractivity contribution in [3.63, 3.8) is 0 Å². The standard InChI is InChI=1S/C17H16N4O2/c1-11(22)19-14-4-2-12(3-5-14)8-17(23)20-15-6-7-16-13(9-15)10-18-21-16/h2-7,9-10H,8H2,1H3,(H,18,21)(H,19,22)(H,20,23). The molecule has 0 atom stereocenters. The fourth-order valence-electron chi connectivity index (χ4n) is 2.32. The van der Waals surface area contributed by atoms with Crippen LogP contribution in [0.25, 0.3) is 10.9 Å². The van der Waals surface area contributed by atoms with Crippen molar-refractivity contribution in [3.05, 3.63) is 54.2 Å². The quantitative estimate of drug-likeness (QED) is 0.692. The lowest BCUT2D eigenvalue weighted by Crippen LogP contribution is -2.14. The van der Waals surface area contributed by atoms with Crippen LogP contribution < -0.4 is 10.6 Å². The van der Waals surface area contributed by atoms with E-state index in [1.165, 1.54) is 6.92 Å². The van der Waals surface area contributed by atoms with E-state index in [4.69, 9.17) is 0 Å². The van der Waals surface area contributed by atoms with Gasteiger partial charge < -0.3 is 10.6 Å². The van der Waals surface area contributed by atoms with Crippen molar-refractivity contribution in [1.29, 1.82) is 0 Å². The topological polar surface area (TPSA) is 86.9 Å². The number of aromatic amines is 1. The second-order valence-corrected chi connectivity index (χ2v) is 5.28. The molecule has 2 aromatic carbocycles. The molecular formula is C17H16N4O2. The number of anilines is 2. The van der Waals surface area contributed by atoms with Gasteiger partial charge in [0.15, 0.2) is 0 Å². The average molecular weight is 308 g/mol. The monoisotopic (exact) mass is 308 g/mol. The molecule has 0 saturated heterocycles. The molecule has 1 aromatic heterocycles. The average Bonchev–Trinajstić information content (AvgIpc) is 2.96. The normalized spacial score (nSPS) is 10.5. The van der Waals surface area contributed by atoms with Gasteiger partial charge in [0.1, 0.15) is 0 Å². The highest BCUT2D eigenvalue weighted by Crippen LogP contribution is 2.17. The summed E-state index contributed by atoms with van der Waals surface area (Å²) in [4.78, 5) is 23.1. The number of nitrogens with zero attached hydrogens (tertiary/aromatic N) is 1. The fraction of sp³-hybridized carbons (Fsp3) is 0.118. The molecule has 0 aliphatic carbocycles. The van der Waals surface area contributed by atoms with Crippen LogP contribution in [0, 0.1) is 0 Å². The predicted octanol–water partition coefficient (Wildman–Crippen LogP) is 2.70. The van der Waals surface area contributed by atoms with Crippen molar-refractivity contribution in [2.24, 2.45) is 0 Å². The SMILES string of the molecule is CC(=O)Nc1ccc(CC(=O)Nc2ccc3[nH]ncc3c2)cc1. The van der Waals surface area contributed by atoms with Gasteiger partial charge in [0, 0.05) is 23.7 Å². The molecule has 0 unspecified atom stereocenters. The minimum atomic E-state index is -0.120. The number of hydrogen-bond acceptors (Lipinski definition) is 3. The zero-order chi connectivity index (χ0) is 16.2. The molecule has 0 spiro atoms. The van der Waals surface area contributed by atoms with Crippen LogP contribution >= 0.6 is 0 Å². The van der Waals surface area contributed by atoms with Crippen molar-refractivity contribution < 1.29 is 9.59 Å². The number of carbonyl (C=O) groups excluding carboxylic acids is 2. The fourth-order valence-corrected chi connectivity index (χ4v) is 2.32. The van der Waals surface area contributed by atoms with Crippen molar-refractivity contribution in [1.82, 2.24) is 10.2 Å². The largest absolute Gasteiger partial charge is 0.326 e. The van der Waals surface area contributed by atoms with Gasteiger partial charge in [-0.3, -0.25) is 14.7 Å². The van der Waals surface area contributed by atoms with Gasteiger partial charge >= 0.3 is 0 Å². The summed E-state index contributed by atoms with van der Waals surface area (Å²) in [5.74, 6) is -0.217. The molecule has 116 valence electrons. The highest BCUT2D eigenvalue weighted by molar-refractivity contribution is 5.94. The van der Waals surface area contributed by atoms with Crippen LogP contribution in [0.2, 0.25) is 0 Å². The molecule has 6 heteroatoms. The number of fused-ring (bicyclic) bond motifs is 1. The lowest BCUT2D eigenvalue weighted by molar-refractivity contribution is -0.116. The van der Waals surface area contributed by atoms with E-state index < -0.39 is 0 Å². The highest BCUT2D eigenvalue weighted by Gasteiger charge is 2.06. The predicted molar refractivity (Wildman–Crippen MR) is 89.2 cm³/mol. The summed E-state index contributed by atoms with van der Waals surface area (Å²) in [7, 11) is 0. The molecule has 0 aliphatic heterocycles. The van der Waals surface area contributed by atoms with E-state index in [-0.39, 0.29) is 18.2 Å². The van der Waals surface area contributed by atoms with Crippen LogP contribution in [-0.2, 0) is 16.0 Å². The molecular weight excluding hydrogens is 292 g/mol. The lowest BCUT2D eigenvalue weighted by Gasteiger charge is -2.07. The molecule has 23 heavy (non-hydrogen) atoms. The first kappa shape index (κ1) is 14.8. The molecule has 0 saturated carbocycles. The summed E-state index contributed by atoms with van der Waals surface area (Å²) in [5.41, 5.74) is 3.25. The number of H-pyrrole nitrogens is 1. The molecule has 3 N–H and O–H groups in total. The summed E-state index contributed by atoms with van der Waals surface area (Å²) >= 11 is 0. The zero-order valence-corrected chi connectivity index (χ0v) is 12.6. The third kappa shape index (κ3) is 3.74. The summed E-state index contributed by atoms with van der Waals surface area (Å²) < 4.78 is 0. The first-order chi connectivity index (χ1) is 11.1. The number of amides is 2. The Bertz CT molecular complexity index is 852. The Labute approximate surface area is 132 Å². The molecule has 6 nitrogen and oxygen atoms in total. The van der Waals surface area contributed by atoms with Crippen molar-refractivity contribution in [2.45, 2.75) is 13.3 Å². The maximum Gasteiger partial charge on any atom is 0.228 e. The summed E-state index contributed by atoms with van der Waals surface area (Å²) in [6, 6.07) is 12.8. The first-order valence-electron chi connectivity index (χ1n) is 7.20.